The van der Waals surface area contributed by atoms with Gasteiger partial charge in [-0.3, -0.25) is 4.98 Å². The fourth-order valence-corrected chi connectivity index (χ4v) is 1.74. The summed E-state index contributed by atoms with van der Waals surface area (Å²) in [5, 5.41) is 10.6. The lowest BCUT2D eigenvalue weighted by Gasteiger charge is -2.12. The molecule has 0 amide bonds. The molecule has 0 saturated heterocycles. The molecule has 0 radical (unpaired) electrons. The van der Waals surface area contributed by atoms with Gasteiger partial charge in [0.1, 0.15) is 0 Å². The molecule has 78 valence electrons. The molecule has 0 aliphatic rings. The second-order valence-electron chi connectivity index (χ2n) is 3.57. The first kappa shape index (κ1) is 10.6. The molecule has 15 heavy (non-hydrogen) atoms. The predicted octanol–water partition coefficient (Wildman–Crippen LogP) is 3.05. The van der Waals surface area contributed by atoms with Gasteiger partial charge in [0.2, 0.25) is 0 Å². The molecule has 3 heteroatoms. The van der Waals surface area contributed by atoms with E-state index in [1.165, 1.54) is 0 Å². The topological polar surface area (TPSA) is 33.1 Å². The molecule has 0 aliphatic carbocycles. The highest BCUT2D eigenvalue weighted by Crippen LogP contribution is 2.26. The number of hydrogen-bond donors (Lipinski definition) is 1. The smallest absolute Gasteiger partial charge is 0.0824 e. The van der Waals surface area contributed by atoms with E-state index in [0.29, 0.717) is 0 Å². The van der Waals surface area contributed by atoms with Gasteiger partial charge >= 0.3 is 0 Å². The first-order valence-corrected chi connectivity index (χ1v) is 5.78. The molecule has 2 unspecified atom stereocenters. The number of fused-ring (bicyclic) bond motifs is 1. The van der Waals surface area contributed by atoms with Crippen LogP contribution in [0.15, 0.2) is 36.4 Å². The van der Waals surface area contributed by atoms with Gasteiger partial charge in [0.05, 0.1) is 22.1 Å². The van der Waals surface area contributed by atoms with Crippen molar-refractivity contribution >= 4 is 26.8 Å². The van der Waals surface area contributed by atoms with E-state index < -0.39 is 6.10 Å². The second kappa shape index (κ2) is 4.29. The summed E-state index contributed by atoms with van der Waals surface area (Å²) in [6, 6.07) is 11.9. The lowest BCUT2D eigenvalue weighted by Crippen LogP contribution is -2.09. The van der Waals surface area contributed by atoms with Crippen molar-refractivity contribution < 1.29 is 5.11 Å². The minimum absolute atomic E-state index is 0.109. The first-order valence-electron chi connectivity index (χ1n) is 4.86. The molecule has 2 nitrogen and oxygen atoms in total. The zero-order chi connectivity index (χ0) is 10.8. The number of alkyl halides is 1. The van der Waals surface area contributed by atoms with Crippen LogP contribution in [0.1, 0.15) is 17.4 Å². The van der Waals surface area contributed by atoms with Crippen molar-refractivity contribution in [1.82, 2.24) is 4.98 Å². The third-order valence-corrected chi connectivity index (χ3v) is 3.56. The molecule has 1 heterocycles. The molecule has 1 aromatic carbocycles. The fraction of sp³-hybridized carbons (Fsp3) is 0.250. The SMILES string of the molecule is CC(O)C(Br)c1ccc2ccccc2n1. The van der Waals surface area contributed by atoms with Crippen molar-refractivity contribution in [2.75, 3.05) is 0 Å². The van der Waals surface area contributed by atoms with E-state index >= 15 is 0 Å². The highest BCUT2D eigenvalue weighted by Gasteiger charge is 2.14. The maximum Gasteiger partial charge on any atom is 0.0824 e. The van der Waals surface area contributed by atoms with Crippen molar-refractivity contribution in [2.24, 2.45) is 0 Å². The Kier molecular flexibility index (Phi) is 3.03. The minimum atomic E-state index is -0.446. The number of para-hydroxylation sites is 1. The van der Waals surface area contributed by atoms with Crippen molar-refractivity contribution in [3.8, 4) is 0 Å². The summed E-state index contributed by atoms with van der Waals surface area (Å²) in [4.78, 5) is 4.38. The van der Waals surface area contributed by atoms with Crippen LogP contribution in [0.4, 0.5) is 0 Å². The highest BCUT2D eigenvalue weighted by atomic mass is 79.9. The van der Waals surface area contributed by atoms with Crippen molar-refractivity contribution in [2.45, 2.75) is 17.9 Å². The highest BCUT2D eigenvalue weighted by molar-refractivity contribution is 9.09. The summed E-state index contributed by atoms with van der Waals surface area (Å²) in [7, 11) is 0. The number of nitrogens with zero attached hydrogens (tertiary/aromatic N) is 1. The van der Waals surface area contributed by atoms with Crippen LogP contribution in [0.5, 0.6) is 0 Å². The number of aliphatic hydroxyl groups is 1. The largest absolute Gasteiger partial charge is 0.392 e. The maximum absolute atomic E-state index is 9.46. The average molecular weight is 266 g/mol. The molecule has 0 bridgehead atoms. The fourth-order valence-electron chi connectivity index (χ4n) is 1.48. The lowest BCUT2D eigenvalue weighted by atomic mass is 10.1. The van der Waals surface area contributed by atoms with E-state index in [9.17, 15) is 5.11 Å². The summed E-state index contributed by atoms with van der Waals surface area (Å²) in [5.41, 5.74) is 1.82. The first-order chi connectivity index (χ1) is 7.18. The van der Waals surface area contributed by atoms with E-state index in [1.54, 1.807) is 6.92 Å². The molecule has 2 rings (SSSR count). The Morgan fingerprint density at radius 3 is 2.67 bits per heavy atom. The van der Waals surface area contributed by atoms with Gasteiger partial charge in [-0.1, -0.05) is 40.2 Å². The Balaban J connectivity index is 2.47. The van der Waals surface area contributed by atoms with Crippen LogP contribution >= 0.6 is 15.9 Å². The van der Waals surface area contributed by atoms with Gasteiger partial charge in [-0.25, -0.2) is 0 Å². The van der Waals surface area contributed by atoms with Crippen LogP contribution in [-0.2, 0) is 0 Å². The Bertz CT molecular complexity index is 470. The molecule has 1 N–H and O–H groups in total. The van der Waals surface area contributed by atoms with Gasteiger partial charge in [-0.2, -0.15) is 0 Å². The zero-order valence-electron chi connectivity index (χ0n) is 8.39. The lowest BCUT2D eigenvalue weighted by molar-refractivity contribution is 0.193. The quantitative estimate of drug-likeness (QED) is 0.847. The third kappa shape index (κ3) is 2.19. The standard InChI is InChI=1S/C12H12BrNO/c1-8(15)12(13)11-7-6-9-4-2-3-5-10(9)14-11/h2-8,12,15H,1H3. The summed E-state index contributed by atoms with van der Waals surface area (Å²) in [5.74, 6) is 0. The van der Waals surface area contributed by atoms with Crippen LogP contribution < -0.4 is 0 Å². The molecule has 0 fully saturated rings. The Morgan fingerprint density at radius 1 is 1.20 bits per heavy atom. The number of aliphatic hydroxyl groups excluding tert-OH is 1. The Morgan fingerprint density at radius 2 is 1.93 bits per heavy atom. The van der Waals surface area contributed by atoms with Gasteiger partial charge in [-0.15, -0.1) is 0 Å². The summed E-state index contributed by atoms with van der Waals surface area (Å²) < 4.78 is 0. The van der Waals surface area contributed by atoms with E-state index in [0.717, 1.165) is 16.6 Å². The number of hydrogen-bond acceptors (Lipinski definition) is 2. The van der Waals surface area contributed by atoms with E-state index in [4.69, 9.17) is 0 Å². The number of halogens is 1. The van der Waals surface area contributed by atoms with Gasteiger partial charge in [0.15, 0.2) is 0 Å². The molecule has 0 aliphatic heterocycles. The molecular weight excluding hydrogens is 254 g/mol. The number of rotatable bonds is 2. The third-order valence-electron chi connectivity index (χ3n) is 2.33. The van der Waals surface area contributed by atoms with Gasteiger partial charge in [0, 0.05) is 5.39 Å². The predicted molar refractivity (Wildman–Crippen MR) is 65.1 cm³/mol. The van der Waals surface area contributed by atoms with Crippen LogP contribution in [0, 0.1) is 0 Å². The maximum atomic E-state index is 9.46. The Hall–Kier alpha value is -0.930. The van der Waals surface area contributed by atoms with E-state index in [-0.39, 0.29) is 4.83 Å². The van der Waals surface area contributed by atoms with Gasteiger partial charge in [-0.05, 0) is 19.1 Å². The van der Waals surface area contributed by atoms with Gasteiger partial charge in [0.25, 0.3) is 0 Å². The van der Waals surface area contributed by atoms with E-state index in [1.807, 2.05) is 36.4 Å². The number of aromatic nitrogens is 1. The molecule has 1 aromatic heterocycles. The van der Waals surface area contributed by atoms with Crippen LogP contribution in [0.3, 0.4) is 0 Å². The second-order valence-corrected chi connectivity index (χ2v) is 4.56. The molecule has 2 aromatic rings. The normalized spacial score (nSPS) is 15.1. The molecule has 0 spiro atoms. The summed E-state index contributed by atoms with van der Waals surface area (Å²) in [6.45, 7) is 1.75. The minimum Gasteiger partial charge on any atom is -0.392 e. The number of pyridine rings is 1. The van der Waals surface area contributed by atoms with Crippen molar-refractivity contribution in [3.05, 3.63) is 42.1 Å². The van der Waals surface area contributed by atoms with E-state index in [2.05, 4.69) is 20.9 Å². The van der Waals surface area contributed by atoms with Crippen LogP contribution in [0.2, 0.25) is 0 Å². The van der Waals surface area contributed by atoms with Crippen LogP contribution in [-0.4, -0.2) is 16.2 Å². The molecular formula is C12H12BrNO. The Labute approximate surface area is 97.1 Å². The van der Waals surface area contributed by atoms with Crippen molar-refractivity contribution in [1.29, 1.82) is 0 Å². The average Bonchev–Trinajstić information content (AvgIpc) is 2.27. The monoisotopic (exact) mass is 265 g/mol. The van der Waals surface area contributed by atoms with Crippen molar-refractivity contribution in [3.63, 3.8) is 0 Å². The van der Waals surface area contributed by atoms with Crippen LogP contribution in [0.25, 0.3) is 10.9 Å². The van der Waals surface area contributed by atoms with Gasteiger partial charge < -0.3 is 5.11 Å². The zero-order valence-corrected chi connectivity index (χ0v) is 9.98. The summed E-state index contributed by atoms with van der Waals surface area (Å²) >= 11 is 3.42. The molecule has 2 atom stereocenters. The summed E-state index contributed by atoms with van der Waals surface area (Å²) in [6.07, 6.45) is -0.446. The molecule has 0 saturated carbocycles. The number of benzene rings is 1.